The van der Waals surface area contributed by atoms with E-state index in [0.717, 1.165) is 0 Å². The highest BCUT2D eigenvalue weighted by Crippen LogP contribution is 2.30. The Kier molecular flexibility index (Phi) is 5.10. The molecular weight excluding hydrogens is 302 g/mol. The average molecular weight is 315 g/mol. The molecule has 0 atom stereocenters. The molecule has 1 aromatic carbocycles. The van der Waals surface area contributed by atoms with Gasteiger partial charge >= 0.3 is 6.61 Å². The van der Waals surface area contributed by atoms with E-state index in [-0.39, 0.29) is 10.8 Å². The summed E-state index contributed by atoms with van der Waals surface area (Å²) < 4.78 is 29.2. The van der Waals surface area contributed by atoms with Crippen LogP contribution in [0.3, 0.4) is 0 Å². The molecule has 1 aromatic heterocycles. The van der Waals surface area contributed by atoms with E-state index in [9.17, 15) is 8.78 Å². The zero-order valence-electron chi connectivity index (χ0n) is 11.1. The summed E-state index contributed by atoms with van der Waals surface area (Å²) in [5, 5.41) is 6.07. The van der Waals surface area contributed by atoms with E-state index in [0.29, 0.717) is 24.0 Å². The van der Waals surface area contributed by atoms with Crippen LogP contribution < -0.4 is 15.4 Å². The van der Waals surface area contributed by atoms with Crippen molar-refractivity contribution in [1.82, 2.24) is 9.97 Å². The van der Waals surface area contributed by atoms with Gasteiger partial charge in [-0.2, -0.15) is 13.8 Å². The topological polar surface area (TPSA) is 59.1 Å². The Morgan fingerprint density at radius 3 is 2.81 bits per heavy atom. The maximum atomic E-state index is 12.4. The third kappa shape index (κ3) is 4.16. The van der Waals surface area contributed by atoms with Gasteiger partial charge in [-0.1, -0.05) is 23.7 Å². The first-order valence-corrected chi connectivity index (χ1v) is 6.55. The number of aromatic nitrogens is 2. The predicted molar refractivity (Wildman–Crippen MR) is 77.6 cm³/mol. The van der Waals surface area contributed by atoms with Crippen LogP contribution in [0, 0.1) is 0 Å². The molecule has 0 aliphatic carbocycles. The fourth-order valence-corrected chi connectivity index (χ4v) is 1.73. The molecule has 0 saturated carbocycles. The minimum Gasteiger partial charge on any atom is -0.433 e. The van der Waals surface area contributed by atoms with Crippen molar-refractivity contribution in [3.8, 4) is 5.75 Å². The van der Waals surface area contributed by atoms with Gasteiger partial charge in [0.05, 0.1) is 11.9 Å². The molecule has 112 valence electrons. The fraction of sp³-hybridized carbons (Fsp3) is 0.231. The van der Waals surface area contributed by atoms with Crippen molar-refractivity contribution in [3.05, 3.63) is 35.5 Å². The number of nitrogens with one attached hydrogen (secondary N) is 2. The van der Waals surface area contributed by atoms with Crippen molar-refractivity contribution in [3.63, 3.8) is 0 Å². The monoisotopic (exact) mass is 314 g/mol. The molecule has 21 heavy (non-hydrogen) atoms. The molecule has 0 radical (unpaired) electrons. The zero-order valence-corrected chi connectivity index (χ0v) is 11.9. The molecule has 0 unspecified atom stereocenters. The van der Waals surface area contributed by atoms with Crippen molar-refractivity contribution in [2.24, 2.45) is 0 Å². The number of hydrogen-bond donors (Lipinski definition) is 2. The average Bonchev–Trinajstić information content (AvgIpc) is 2.44. The first kappa shape index (κ1) is 15.2. The predicted octanol–water partition coefficient (Wildman–Crippen LogP) is 3.91. The molecule has 0 spiro atoms. The highest BCUT2D eigenvalue weighted by atomic mass is 35.5. The highest BCUT2D eigenvalue weighted by Gasteiger charge is 2.12. The Balaban J connectivity index is 2.27. The summed E-state index contributed by atoms with van der Waals surface area (Å²) in [6, 6.07) is 6.29. The molecule has 0 amide bonds. The van der Waals surface area contributed by atoms with Crippen molar-refractivity contribution in [2.75, 3.05) is 17.2 Å². The van der Waals surface area contributed by atoms with Gasteiger partial charge in [0.25, 0.3) is 0 Å². The highest BCUT2D eigenvalue weighted by molar-refractivity contribution is 6.32. The molecular formula is C13H13ClF2N4O. The van der Waals surface area contributed by atoms with E-state index in [1.807, 2.05) is 6.92 Å². The Labute approximate surface area is 125 Å². The van der Waals surface area contributed by atoms with Gasteiger partial charge in [-0.05, 0) is 19.1 Å². The van der Waals surface area contributed by atoms with Gasteiger partial charge in [-0.25, -0.2) is 4.98 Å². The summed E-state index contributed by atoms with van der Waals surface area (Å²) in [6.07, 6.45) is 1.42. The van der Waals surface area contributed by atoms with E-state index >= 15 is 0 Å². The van der Waals surface area contributed by atoms with E-state index in [1.54, 1.807) is 18.2 Å². The molecule has 5 nitrogen and oxygen atoms in total. The van der Waals surface area contributed by atoms with Crippen LogP contribution in [0.1, 0.15) is 6.92 Å². The fourth-order valence-electron chi connectivity index (χ4n) is 1.59. The van der Waals surface area contributed by atoms with Crippen molar-refractivity contribution < 1.29 is 13.5 Å². The number of rotatable bonds is 6. The number of halogens is 3. The number of nitrogens with zero attached hydrogens (tertiary/aromatic N) is 2. The Bertz CT molecular complexity index is 612. The van der Waals surface area contributed by atoms with Gasteiger partial charge in [-0.3, -0.25) is 0 Å². The second kappa shape index (κ2) is 7.03. The van der Waals surface area contributed by atoms with Crippen LogP contribution in [0.4, 0.5) is 26.2 Å². The molecule has 2 rings (SSSR count). The summed E-state index contributed by atoms with van der Waals surface area (Å²) in [4.78, 5) is 8.16. The minimum absolute atomic E-state index is 0.00665. The zero-order chi connectivity index (χ0) is 15.2. The molecule has 1 heterocycles. The number of anilines is 3. The summed E-state index contributed by atoms with van der Waals surface area (Å²) >= 11 is 6.00. The Morgan fingerprint density at radius 2 is 2.10 bits per heavy atom. The molecule has 0 aliphatic rings. The molecule has 0 fully saturated rings. The second-order valence-electron chi connectivity index (χ2n) is 3.92. The Hall–Kier alpha value is -2.15. The lowest BCUT2D eigenvalue weighted by Crippen LogP contribution is -2.07. The van der Waals surface area contributed by atoms with Crippen LogP contribution >= 0.6 is 11.6 Å². The SMILES string of the molecule is CCNc1ncc(Cl)c(Nc2ccccc2OC(F)F)n1. The molecule has 2 N–H and O–H groups in total. The molecule has 0 aliphatic heterocycles. The van der Waals surface area contributed by atoms with E-state index < -0.39 is 6.61 Å². The van der Waals surface area contributed by atoms with Crippen LogP contribution in [0.2, 0.25) is 5.02 Å². The van der Waals surface area contributed by atoms with Crippen LogP contribution in [-0.4, -0.2) is 23.1 Å². The summed E-state index contributed by atoms with van der Waals surface area (Å²) in [5.74, 6) is 0.691. The number of para-hydroxylation sites is 2. The number of benzene rings is 1. The largest absolute Gasteiger partial charge is 0.433 e. The third-order valence-electron chi connectivity index (χ3n) is 2.44. The standard InChI is InChI=1S/C13H13ClF2N4O/c1-2-17-13-18-7-8(14)11(20-13)19-9-5-3-4-6-10(9)21-12(15)16/h3-7,12H,2H2,1H3,(H2,17,18,19,20). The minimum atomic E-state index is -2.91. The van der Waals surface area contributed by atoms with Gasteiger partial charge in [0.1, 0.15) is 10.8 Å². The number of alkyl halides is 2. The molecule has 8 heteroatoms. The van der Waals surface area contributed by atoms with E-state index in [2.05, 4.69) is 25.3 Å². The molecule has 0 bridgehead atoms. The van der Waals surface area contributed by atoms with Gasteiger partial charge in [0.15, 0.2) is 5.82 Å². The molecule has 0 saturated heterocycles. The lowest BCUT2D eigenvalue weighted by molar-refractivity contribution is -0.0493. The van der Waals surface area contributed by atoms with Gasteiger partial charge in [0.2, 0.25) is 5.95 Å². The summed E-state index contributed by atoms with van der Waals surface area (Å²) in [6.45, 7) is -0.366. The summed E-state index contributed by atoms with van der Waals surface area (Å²) in [5.41, 5.74) is 0.334. The van der Waals surface area contributed by atoms with E-state index in [1.165, 1.54) is 12.3 Å². The Morgan fingerprint density at radius 1 is 1.33 bits per heavy atom. The third-order valence-corrected chi connectivity index (χ3v) is 2.71. The maximum Gasteiger partial charge on any atom is 0.387 e. The number of ether oxygens (including phenoxy) is 1. The smallest absolute Gasteiger partial charge is 0.387 e. The van der Waals surface area contributed by atoms with Crippen molar-refractivity contribution >= 4 is 29.1 Å². The quantitative estimate of drug-likeness (QED) is 0.846. The van der Waals surface area contributed by atoms with Crippen LogP contribution in [0.25, 0.3) is 0 Å². The lowest BCUT2D eigenvalue weighted by Gasteiger charge is -2.13. The van der Waals surface area contributed by atoms with Crippen molar-refractivity contribution in [2.45, 2.75) is 13.5 Å². The molecule has 2 aromatic rings. The van der Waals surface area contributed by atoms with Crippen LogP contribution in [-0.2, 0) is 0 Å². The number of hydrogen-bond acceptors (Lipinski definition) is 5. The van der Waals surface area contributed by atoms with Gasteiger partial charge in [-0.15, -0.1) is 0 Å². The second-order valence-corrected chi connectivity index (χ2v) is 4.33. The van der Waals surface area contributed by atoms with Crippen molar-refractivity contribution in [1.29, 1.82) is 0 Å². The normalized spacial score (nSPS) is 10.5. The first-order valence-electron chi connectivity index (χ1n) is 6.17. The summed E-state index contributed by atoms with van der Waals surface area (Å²) in [7, 11) is 0. The van der Waals surface area contributed by atoms with Crippen LogP contribution in [0.5, 0.6) is 5.75 Å². The van der Waals surface area contributed by atoms with Gasteiger partial charge in [0, 0.05) is 6.54 Å². The van der Waals surface area contributed by atoms with Gasteiger partial charge < -0.3 is 15.4 Å². The maximum absolute atomic E-state index is 12.4. The first-order chi connectivity index (χ1) is 10.1. The van der Waals surface area contributed by atoms with E-state index in [4.69, 9.17) is 11.6 Å². The van der Waals surface area contributed by atoms with Crippen LogP contribution in [0.15, 0.2) is 30.5 Å². The lowest BCUT2D eigenvalue weighted by atomic mass is 10.3.